The number of allylic oxidation sites excluding steroid dienone is 3. The molecule has 6 atom stereocenters. The molecule has 5 rings (SSSR count). The van der Waals surface area contributed by atoms with Crippen LogP contribution < -0.4 is 0 Å². The second-order valence-corrected chi connectivity index (χ2v) is 8.12. The first-order valence-corrected chi connectivity index (χ1v) is 11.0. The molecular formula is C26H27NO5. The van der Waals surface area contributed by atoms with Crippen molar-refractivity contribution in [2.24, 2.45) is 0 Å². The summed E-state index contributed by atoms with van der Waals surface area (Å²) in [6.07, 6.45) is 5.43. The Hall–Kier alpha value is -2.77. The van der Waals surface area contributed by atoms with E-state index in [0.29, 0.717) is 13.2 Å². The highest BCUT2D eigenvalue weighted by Crippen LogP contribution is 2.42. The van der Waals surface area contributed by atoms with E-state index in [2.05, 4.69) is 0 Å². The molecule has 6 nitrogen and oxygen atoms in total. The molecule has 166 valence electrons. The fourth-order valence-corrected chi connectivity index (χ4v) is 4.65. The Morgan fingerprint density at radius 1 is 0.812 bits per heavy atom. The van der Waals surface area contributed by atoms with Crippen LogP contribution in [0.25, 0.3) is 0 Å². The Morgan fingerprint density at radius 2 is 1.31 bits per heavy atom. The predicted molar refractivity (Wildman–Crippen MR) is 118 cm³/mol. The van der Waals surface area contributed by atoms with Crippen LogP contribution in [0.15, 0.2) is 85.0 Å². The molecule has 3 fully saturated rings. The molecule has 0 spiro atoms. The number of amides is 1. The Labute approximate surface area is 188 Å². The fourth-order valence-electron chi connectivity index (χ4n) is 4.65. The SMILES string of the molecule is C/C=C/C=C/C(=O)N1[C@H]2CO[C@@H](c3ccccc3)O[C@H]2[C@@H]2O[C@H](c3ccccc3)OC[C@@H]21. The molecule has 0 unspecified atom stereocenters. The van der Waals surface area contributed by atoms with Gasteiger partial charge in [-0.3, -0.25) is 4.79 Å². The summed E-state index contributed by atoms with van der Waals surface area (Å²) >= 11 is 0. The minimum Gasteiger partial charge on any atom is -0.346 e. The molecule has 0 N–H and O–H groups in total. The number of benzene rings is 2. The first-order chi connectivity index (χ1) is 15.8. The van der Waals surface area contributed by atoms with Crippen molar-refractivity contribution in [3.8, 4) is 0 Å². The monoisotopic (exact) mass is 433 g/mol. The van der Waals surface area contributed by atoms with Gasteiger partial charge in [0.25, 0.3) is 0 Å². The molecule has 0 aromatic heterocycles. The summed E-state index contributed by atoms with van der Waals surface area (Å²) in [5.41, 5.74) is 1.90. The van der Waals surface area contributed by atoms with Crippen molar-refractivity contribution in [1.82, 2.24) is 4.90 Å². The summed E-state index contributed by atoms with van der Waals surface area (Å²) in [5.74, 6) is -0.0960. The molecule has 0 saturated carbocycles. The molecule has 6 heteroatoms. The van der Waals surface area contributed by atoms with Crippen LogP contribution in [0.1, 0.15) is 30.6 Å². The highest BCUT2D eigenvalue weighted by Gasteiger charge is 2.57. The second-order valence-electron chi connectivity index (χ2n) is 8.12. The van der Waals surface area contributed by atoms with E-state index < -0.39 is 12.6 Å². The van der Waals surface area contributed by atoms with Crippen molar-refractivity contribution >= 4 is 5.91 Å². The summed E-state index contributed by atoms with van der Waals surface area (Å²) < 4.78 is 24.9. The van der Waals surface area contributed by atoms with Crippen LogP contribution in [-0.4, -0.2) is 48.3 Å². The van der Waals surface area contributed by atoms with E-state index in [9.17, 15) is 4.79 Å². The molecule has 3 aliphatic heterocycles. The molecule has 3 saturated heterocycles. The van der Waals surface area contributed by atoms with Gasteiger partial charge in [0.05, 0.1) is 25.3 Å². The number of hydrogen-bond donors (Lipinski definition) is 0. The normalized spacial score (nSPS) is 32.2. The summed E-state index contributed by atoms with van der Waals surface area (Å²) in [6.45, 7) is 2.66. The van der Waals surface area contributed by atoms with E-state index in [4.69, 9.17) is 18.9 Å². The number of rotatable bonds is 4. The van der Waals surface area contributed by atoms with Gasteiger partial charge in [-0.1, -0.05) is 78.9 Å². The number of fused-ring (bicyclic) bond motifs is 3. The third kappa shape index (κ3) is 4.02. The zero-order valence-electron chi connectivity index (χ0n) is 17.9. The lowest BCUT2D eigenvalue weighted by atomic mass is 10.0. The van der Waals surface area contributed by atoms with Crippen LogP contribution >= 0.6 is 0 Å². The summed E-state index contributed by atoms with van der Waals surface area (Å²) in [6, 6.07) is 19.2. The topological polar surface area (TPSA) is 57.2 Å². The fraction of sp³-hybridized carbons (Fsp3) is 0.346. The zero-order valence-corrected chi connectivity index (χ0v) is 17.9. The number of carbonyl (C=O) groups is 1. The van der Waals surface area contributed by atoms with E-state index in [1.807, 2.05) is 84.6 Å². The molecule has 2 aromatic carbocycles. The molecule has 0 bridgehead atoms. The van der Waals surface area contributed by atoms with Crippen molar-refractivity contribution in [2.45, 2.75) is 43.8 Å². The van der Waals surface area contributed by atoms with Crippen molar-refractivity contribution in [3.63, 3.8) is 0 Å². The largest absolute Gasteiger partial charge is 0.346 e. The number of hydrogen-bond acceptors (Lipinski definition) is 5. The Bertz CT molecular complexity index is 913. The Balaban J connectivity index is 1.42. The minimum atomic E-state index is -0.492. The molecular weight excluding hydrogens is 406 g/mol. The molecule has 0 radical (unpaired) electrons. The highest BCUT2D eigenvalue weighted by molar-refractivity contribution is 5.89. The van der Waals surface area contributed by atoms with Crippen molar-refractivity contribution in [1.29, 1.82) is 0 Å². The smallest absolute Gasteiger partial charge is 0.247 e. The van der Waals surface area contributed by atoms with Crippen LogP contribution in [0.2, 0.25) is 0 Å². The van der Waals surface area contributed by atoms with Crippen LogP contribution in [0.4, 0.5) is 0 Å². The highest BCUT2D eigenvalue weighted by atomic mass is 16.7. The van der Waals surface area contributed by atoms with Gasteiger partial charge in [-0.2, -0.15) is 0 Å². The summed E-state index contributed by atoms with van der Waals surface area (Å²) in [7, 11) is 0. The van der Waals surface area contributed by atoms with Gasteiger partial charge in [0.1, 0.15) is 12.2 Å². The van der Waals surface area contributed by atoms with E-state index >= 15 is 0 Å². The average Bonchev–Trinajstić information content (AvgIpc) is 3.18. The van der Waals surface area contributed by atoms with E-state index in [1.54, 1.807) is 12.2 Å². The van der Waals surface area contributed by atoms with Gasteiger partial charge in [-0.25, -0.2) is 0 Å². The van der Waals surface area contributed by atoms with Gasteiger partial charge in [0.2, 0.25) is 5.91 Å². The van der Waals surface area contributed by atoms with E-state index in [0.717, 1.165) is 11.1 Å². The number of ether oxygens (including phenoxy) is 4. The van der Waals surface area contributed by atoms with Crippen LogP contribution in [-0.2, 0) is 23.7 Å². The van der Waals surface area contributed by atoms with Gasteiger partial charge in [-0.15, -0.1) is 0 Å². The van der Waals surface area contributed by atoms with Gasteiger partial charge in [0.15, 0.2) is 12.6 Å². The zero-order chi connectivity index (χ0) is 21.9. The lowest BCUT2D eigenvalue weighted by Crippen LogP contribution is -2.49. The Kier molecular flexibility index (Phi) is 6.19. The molecule has 3 heterocycles. The predicted octanol–water partition coefficient (Wildman–Crippen LogP) is 3.93. The molecule has 3 aliphatic rings. The third-order valence-electron chi connectivity index (χ3n) is 6.14. The van der Waals surface area contributed by atoms with Crippen molar-refractivity contribution in [3.05, 3.63) is 96.1 Å². The second kappa shape index (κ2) is 9.38. The maximum Gasteiger partial charge on any atom is 0.247 e. The molecule has 2 aromatic rings. The summed E-state index contributed by atoms with van der Waals surface area (Å²) in [5, 5.41) is 0. The van der Waals surface area contributed by atoms with Gasteiger partial charge in [0, 0.05) is 17.2 Å². The average molecular weight is 434 g/mol. The standard InChI is InChI=1S/C26H27NO5/c1-2-3-6-15-22(28)27-20-16-29-25(18-11-7-4-8-12-18)31-23(20)24-21(27)17-30-26(32-24)19-13-9-5-10-14-19/h2-15,20-21,23-26H,16-17H2,1H3/b3-2+,15-6+/t20-,21-,23+,24+,25+,26+/m0/s1. The van der Waals surface area contributed by atoms with Crippen LogP contribution in [0.5, 0.6) is 0 Å². The number of nitrogens with zero attached hydrogens (tertiary/aromatic N) is 1. The number of carbonyl (C=O) groups excluding carboxylic acids is 1. The van der Waals surface area contributed by atoms with Gasteiger partial charge < -0.3 is 23.8 Å². The lowest BCUT2D eigenvalue weighted by Gasteiger charge is -2.37. The van der Waals surface area contributed by atoms with E-state index in [1.165, 1.54) is 0 Å². The number of likely N-dealkylation sites (tertiary alicyclic amines) is 1. The van der Waals surface area contributed by atoms with Gasteiger partial charge in [-0.05, 0) is 6.92 Å². The molecule has 32 heavy (non-hydrogen) atoms. The third-order valence-corrected chi connectivity index (χ3v) is 6.14. The summed E-state index contributed by atoms with van der Waals surface area (Å²) in [4.78, 5) is 14.9. The van der Waals surface area contributed by atoms with E-state index in [-0.39, 0.29) is 30.2 Å². The lowest BCUT2D eigenvalue weighted by molar-refractivity contribution is -0.278. The van der Waals surface area contributed by atoms with Crippen LogP contribution in [0.3, 0.4) is 0 Å². The van der Waals surface area contributed by atoms with Gasteiger partial charge >= 0.3 is 0 Å². The first kappa shape index (κ1) is 21.1. The first-order valence-electron chi connectivity index (χ1n) is 11.0. The maximum absolute atomic E-state index is 13.1. The van der Waals surface area contributed by atoms with Crippen molar-refractivity contribution < 1.29 is 23.7 Å². The minimum absolute atomic E-state index is 0.0960. The van der Waals surface area contributed by atoms with Crippen molar-refractivity contribution in [2.75, 3.05) is 13.2 Å². The maximum atomic E-state index is 13.1. The molecule has 0 aliphatic carbocycles. The molecule has 1 amide bonds. The Morgan fingerprint density at radius 3 is 1.78 bits per heavy atom. The van der Waals surface area contributed by atoms with Crippen LogP contribution in [0, 0.1) is 0 Å². The quantitative estimate of drug-likeness (QED) is 0.540.